The summed E-state index contributed by atoms with van der Waals surface area (Å²) in [4.78, 5) is 4.46. The second kappa shape index (κ2) is 3.42. The Bertz CT molecular complexity index is 445. The highest BCUT2D eigenvalue weighted by atomic mass is 16.3. The van der Waals surface area contributed by atoms with Crippen LogP contribution in [0.25, 0.3) is 11.0 Å². The molecule has 0 spiro atoms. The van der Waals surface area contributed by atoms with Gasteiger partial charge in [-0.25, -0.2) is 4.98 Å². The van der Waals surface area contributed by atoms with Gasteiger partial charge in [0, 0.05) is 13.5 Å². The summed E-state index contributed by atoms with van der Waals surface area (Å²) in [6, 6.07) is 7.99. The van der Waals surface area contributed by atoms with Crippen LogP contribution >= 0.6 is 0 Å². The molecule has 3 heteroatoms. The van der Waals surface area contributed by atoms with Crippen molar-refractivity contribution in [3.05, 3.63) is 30.1 Å². The van der Waals surface area contributed by atoms with Crippen molar-refractivity contribution in [2.75, 3.05) is 0 Å². The standard InChI is InChI=1S/C11H14N2O/c1-8(14)7-11-12-9-5-3-4-6-10(9)13(11)2/h3-6,8,14H,7H2,1-2H3. The molecule has 0 saturated carbocycles. The van der Waals surface area contributed by atoms with E-state index in [-0.39, 0.29) is 6.10 Å². The predicted molar refractivity (Wildman–Crippen MR) is 56.1 cm³/mol. The minimum atomic E-state index is -0.342. The van der Waals surface area contributed by atoms with Gasteiger partial charge in [-0.3, -0.25) is 0 Å². The van der Waals surface area contributed by atoms with Crippen molar-refractivity contribution in [2.45, 2.75) is 19.4 Å². The van der Waals surface area contributed by atoms with Gasteiger partial charge >= 0.3 is 0 Å². The number of nitrogens with zero attached hydrogens (tertiary/aromatic N) is 2. The Labute approximate surface area is 83.0 Å². The number of rotatable bonds is 2. The Morgan fingerprint density at radius 3 is 2.79 bits per heavy atom. The zero-order valence-corrected chi connectivity index (χ0v) is 8.44. The maximum absolute atomic E-state index is 9.30. The molecule has 1 atom stereocenters. The molecule has 1 heterocycles. The second-order valence-electron chi connectivity index (χ2n) is 3.63. The smallest absolute Gasteiger partial charge is 0.112 e. The van der Waals surface area contributed by atoms with Gasteiger partial charge in [-0.15, -0.1) is 0 Å². The van der Waals surface area contributed by atoms with E-state index in [0.29, 0.717) is 6.42 Å². The molecule has 2 rings (SSSR count). The maximum Gasteiger partial charge on any atom is 0.112 e. The van der Waals surface area contributed by atoms with Crippen molar-refractivity contribution in [3.8, 4) is 0 Å². The lowest BCUT2D eigenvalue weighted by Gasteiger charge is -2.03. The average Bonchev–Trinajstić information content (AvgIpc) is 2.44. The molecule has 0 fully saturated rings. The Hall–Kier alpha value is -1.35. The summed E-state index contributed by atoms with van der Waals surface area (Å²) >= 11 is 0. The van der Waals surface area contributed by atoms with Crippen molar-refractivity contribution >= 4 is 11.0 Å². The normalized spacial score (nSPS) is 13.4. The van der Waals surface area contributed by atoms with E-state index in [0.717, 1.165) is 16.9 Å². The minimum absolute atomic E-state index is 0.342. The van der Waals surface area contributed by atoms with Crippen LogP contribution in [0.2, 0.25) is 0 Å². The predicted octanol–water partition coefficient (Wildman–Crippen LogP) is 1.50. The number of para-hydroxylation sites is 2. The Kier molecular flexibility index (Phi) is 2.25. The van der Waals surface area contributed by atoms with E-state index in [2.05, 4.69) is 4.98 Å². The lowest BCUT2D eigenvalue weighted by atomic mass is 10.3. The molecule has 1 unspecified atom stereocenters. The lowest BCUT2D eigenvalue weighted by Crippen LogP contribution is -2.09. The van der Waals surface area contributed by atoms with Crippen molar-refractivity contribution in [1.82, 2.24) is 9.55 Å². The third-order valence-electron chi connectivity index (χ3n) is 2.36. The fourth-order valence-corrected chi connectivity index (χ4v) is 1.64. The van der Waals surface area contributed by atoms with E-state index in [9.17, 15) is 5.11 Å². The third kappa shape index (κ3) is 1.51. The van der Waals surface area contributed by atoms with Gasteiger partial charge < -0.3 is 9.67 Å². The summed E-state index contributed by atoms with van der Waals surface area (Å²) in [5.41, 5.74) is 2.11. The highest BCUT2D eigenvalue weighted by molar-refractivity contribution is 5.75. The molecule has 0 bridgehead atoms. The molecule has 2 aromatic rings. The van der Waals surface area contributed by atoms with E-state index in [1.54, 1.807) is 6.92 Å². The van der Waals surface area contributed by atoms with Gasteiger partial charge in [0.2, 0.25) is 0 Å². The topological polar surface area (TPSA) is 38.1 Å². The van der Waals surface area contributed by atoms with E-state index in [1.165, 1.54) is 0 Å². The molecule has 1 N–H and O–H groups in total. The van der Waals surface area contributed by atoms with Crippen LogP contribution in [-0.2, 0) is 13.5 Å². The molecule has 0 radical (unpaired) electrons. The molecule has 0 aliphatic carbocycles. The van der Waals surface area contributed by atoms with Gasteiger partial charge in [-0.1, -0.05) is 12.1 Å². The highest BCUT2D eigenvalue weighted by Gasteiger charge is 2.08. The molecule has 74 valence electrons. The molecular formula is C11H14N2O. The van der Waals surface area contributed by atoms with E-state index in [4.69, 9.17) is 0 Å². The molecule has 1 aromatic carbocycles. The maximum atomic E-state index is 9.30. The Morgan fingerprint density at radius 2 is 2.14 bits per heavy atom. The monoisotopic (exact) mass is 190 g/mol. The number of aryl methyl sites for hydroxylation is 1. The van der Waals surface area contributed by atoms with Crippen molar-refractivity contribution < 1.29 is 5.11 Å². The molecule has 0 aliphatic heterocycles. The first-order valence-corrected chi connectivity index (χ1v) is 4.77. The fourth-order valence-electron chi connectivity index (χ4n) is 1.64. The summed E-state index contributed by atoms with van der Waals surface area (Å²) in [6.07, 6.45) is 0.260. The van der Waals surface area contributed by atoms with Gasteiger partial charge in [0.25, 0.3) is 0 Å². The van der Waals surface area contributed by atoms with Crippen LogP contribution in [0.3, 0.4) is 0 Å². The van der Waals surface area contributed by atoms with E-state index >= 15 is 0 Å². The van der Waals surface area contributed by atoms with Crippen LogP contribution in [0.1, 0.15) is 12.7 Å². The number of aromatic nitrogens is 2. The second-order valence-corrected chi connectivity index (χ2v) is 3.63. The SMILES string of the molecule is CC(O)Cc1nc2ccccc2n1C. The number of fused-ring (bicyclic) bond motifs is 1. The van der Waals surface area contributed by atoms with Crippen LogP contribution in [0.15, 0.2) is 24.3 Å². The number of hydrogen-bond acceptors (Lipinski definition) is 2. The van der Waals surface area contributed by atoms with Crippen molar-refractivity contribution in [2.24, 2.45) is 7.05 Å². The van der Waals surface area contributed by atoms with E-state index in [1.807, 2.05) is 35.9 Å². The zero-order chi connectivity index (χ0) is 10.1. The molecule has 0 amide bonds. The molecule has 1 aromatic heterocycles. The molecule has 3 nitrogen and oxygen atoms in total. The molecule has 0 saturated heterocycles. The van der Waals surface area contributed by atoms with Gasteiger partial charge in [0.1, 0.15) is 5.82 Å². The average molecular weight is 190 g/mol. The van der Waals surface area contributed by atoms with Crippen LogP contribution < -0.4 is 0 Å². The summed E-state index contributed by atoms with van der Waals surface area (Å²) in [5.74, 6) is 0.932. The third-order valence-corrected chi connectivity index (χ3v) is 2.36. The largest absolute Gasteiger partial charge is 0.393 e. The first-order valence-electron chi connectivity index (χ1n) is 4.77. The van der Waals surface area contributed by atoms with Crippen LogP contribution in [0.4, 0.5) is 0 Å². The van der Waals surface area contributed by atoms with Gasteiger partial charge in [-0.2, -0.15) is 0 Å². The molecular weight excluding hydrogens is 176 g/mol. The Morgan fingerprint density at radius 1 is 1.43 bits per heavy atom. The van der Waals surface area contributed by atoms with E-state index < -0.39 is 0 Å². The minimum Gasteiger partial charge on any atom is -0.393 e. The van der Waals surface area contributed by atoms with Crippen LogP contribution in [0, 0.1) is 0 Å². The van der Waals surface area contributed by atoms with Crippen molar-refractivity contribution in [3.63, 3.8) is 0 Å². The zero-order valence-electron chi connectivity index (χ0n) is 8.44. The summed E-state index contributed by atoms with van der Waals surface area (Å²) in [7, 11) is 1.98. The number of hydrogen-bond donors (Lipinski definition) is 1. The van der Waals surface area contributed by atoms with Gasteiger partial charge in [0.15, 0.2) is 0 Å². The first kappa shape index (κ1) is 9.21. The number of aliphatic hydroxyl groups excluding tert-OH is 1. The fraction of sp³-hybridized carbons (Fsp3) is 0.364. The first-order chi connectivity index (χ1) is 6.68. The van der Waals surface area contributed by atoms with Crippen LogP contribution in [-0.4, -0.2) is 20.8 Å². The number of imidazole rings is 1. The van der Waals surface area contributed by atoms with Gasteiger partial charge in [-0.05, 0) is 19.1 Å². The van der Waals surface area contributed by atoms with Crippen molar-refractivity contribution in [1.29, 1.82) is 0 Å². The molecule has 0 aliphatic rings. The Balaban J connectivity index is 2.51. The molecule has 14 heavy (non-hydrogen) atoms. The quantitative estimate of drug-likeness (QED) is 0.779. The summed E-state index contributed by atoms with van der Waals surface area (Å²) < 4.78 is 2.03. The summed E-state index contributed by atoms with van der Waals surface area (Å²) in [6.45, 7) is 1.78. The number of aliphatic hydroxyl groups is 1. The van der Waals surface area contributed by atoms with Crippen LogP contribution in [0.5, 0.6) is 0 Å². The summed E-state index contributed by atoms with van der Waals surface area (Å²) in [5, 5.41) is 9.30. The highest BCUT2D eigenvalue weighted by Crippen LogP contribution is 2.14. The lowest BCUT2D eigenvalue weighted by molar-refractivity contribution is 0.192. The van der Waals surface area contributed by atoms with Gasteiger partial charge in [0.05, 0.1) is 17.1 Å². The number of benzene rings is 1.